The Morgan fingerprint density at radius 1 is 1.15 bits per heavy atom. The molecule has 2 amide bonds. The number of rotatable bonds is 9. The van der Waals surface area contributed by atoms with Gasteiger partial charge in [0, 0.05) is 57.7 Å². The summed E-state index contributed by atoms with van der Waals surface area (Å²) in [4.78, 5) is 38.4. The molecule has 1 aromatic rings. The predicted molar refractivity (Wildman–Crippen MR) is 104 cm³/mol. The fourth-order valence-electron chi connectivity index (χ4n) is 3.48. The number of hydrogen-bond acceptors (Lipinski definition) is 4. The molecule has 0 bridgehead atoms. The van der Waals surface area contributed by atoms with Crippen LogP contribution in [0.1, 0.15) is 39.0 Å². The maximum absolute atomic E-state index is 12.1. The van der Waals surface area contributed by atoms with Crippen molar-refractivity contribution in [2.24, 2.45) is 0 Å². The second-order valence-electron chi connectivity index (χ2n) is 6.89. The Morgan fingerprint density at radius 3 is 2.41 bits per heavy atom. The number of hydrogen-bond donors (Lipinski definition) is 2. The molecule has 0 aromatic heterocycles. The molecule has 1 aliphatic heterocycles. The number of nitrogens with zero attached hydrogens (tertiary/aromatic N) is 2. The van der Waals surface area contributed by atoms with Gasteiger partial charge in [0.1, 0.15) is 0 Å². The summed E-state index contributed by atoms with van der Waals surface area (Å²) in [7, 11) is 0. The van der Waals surface area contributed by atoms with Gasteiger partial charge in [0.15, 0.2) is 0 Å². The number of amides is 2. The molecule has 7 nitrogen and oxygen atoms in total. The van der Waals surface area contributed by atoms with Gasteiger partial charge in [-0.2, -0.15) is 0 Å². The van der Waals surface area contributed by atoms with Crippen LogP contribution in [0, 0.1) is 0 Å². The van der Waals surface area contributed by atoms with E-state index < -0.39 is 5.97 Å². The number of benzene rings is 1. The molecule has 1 heterocycles. The summed E-state index contributed by atoms with van der Waals surface area (Å²) < 4.78 is 0. The van der Waals surface area contributed by atoms with Crippen LogP contribution in [0.5, 0.6) is 0 Å². The minimum Gasteiger partial charge on any atom is -0.481 e. The second kappa shape index (κ2) is 10.7. The van der Waals surface area contributed by atoms with E-state index >= 15 is 0 Å². The van der Waals surface area contributed by atoms with Crippen molar-refractivity contribution >= 4 is 23.5 Å². The Kier molecular flexibility index (Phi) is 8.26. The van der Waals surface area contributed by atoms with Crippen molar-refractivity contribution in [1.29, 1.82) is 0 Å². The first-order valence-electron chi connectivity index (χ1n) is 9.53. The topological polar surface area (TPSA) is 90.0 Å². The lowest BCUT2D eigenvalue weighted by molar-refractivity contribution is -0.137. The van der Waals surface area contributed by atoms with Gasteiger partial charge in [-0.25, -0.2) is 0 Å². The zero-order valence-corrected chi connectivity index (χ0v) is 15.9. The van der Waals surface area contributed by atoms with Crippen LogP contribution in [0.4, 0.5) is 5.69 Å². The first-order valence-corrected chi connectivity index (χ1v) is 9.53. The van der Waals surface area contributed by atoms with Crippen LogP contribution in [0.25, 0.3) is 0 Å². The molecule has 0 spiro atoms. The molecule has 0 radical (unpaired) electrons. The molecule has 0 unspecified atom stereocenters. The molecule has 2 rings (SSSR count). The van der Waals surface area contributed by atoms with E-state index in [1.54, 1.807) is 6.92 Å². The summed E-state index contributed by atoms with van der Waals surface area (Å²) in [6.45, 7) is 4.71. The van der Waals surface area contributed by atoms with Gasteiger partial charge in [0.05, 0.1) is 0 Å². The normalized spacial score (nSPS) is 15.3. The maximum Gasteiger partial charge on any atom is 0.303 e. The number of anilines is 1. The van der Waals surface area contributed by atoms with Crippen LogP contribution < -0.4 is 10.2 Å². The number of aliphatic carboxylic acids is 1. The van der Waals surface area contributed by atoms with Crippen LogP contribution in [0.2, 0.25) is 0 Å². The van der Waals surface area contributed by atoms with Gasteiger partial charge in [-0.3, -0.25) is 14.4 Å². The number of likely N-dealkylation sites (tertiary alicyclic amines) is 1. The van der Waals surface area contributed by atoms with Crippen LogP contribution in [0.3, 0.4) is 0 Å². The molecule has 0 atom stereocenters. The Morgan fingerprint density at radius 2 is 1.81 bits per heavy atom. The van der Waals surface area contributed by atoms with Gasteiger partial charge in [0.25, 0.3) is 0 Å². The third-order valence-electron chi connectivity index (χ3n) is 4.84. The highest BCUT2D eigenvalue weighted by Gasteiger charge is 2.27. The highest BCUT2D eigenvalue weighted by Crippen LogP contribution is 2.23. The van der Waals surface area contributed by atoms with Gasteiger partial charge >= 0.3 is 5.97 Å². The van der Waals surface area contributed by atoms with Crippen molar-refractivity contribution in [3.8, 4) is 0 Å². The summed E-state index contributed by atoms with van der Waals surface area (Å²) >= 11 is 0. The third-order valence-corrected chi connectivity index (χ3v) is 4.84. The molecule has 27 heavy (non-hydrogen) atoms. The number of nitrogens with one attached hydrogen (secondary N) is 1. The molecular weight excluding hydrogens is 346 g/mol. The van der Waals surface area contributed by atoms with E-state index in [2.05, 4.69) is 10.2 Å². The van der Waals surface area contributed by atoms with Crippen LogP contribution >= 0.6 is 0 Å². The first-order chi connectivity index (χ1) is 13.0. The fourth-order valence-corrected chi connectivity index (χ4v) is 3.48. The number of para-hydroxylation sites is 1. The number of carboxylic acids is 1. The van der Waals surface area contributed by atoms with Crippen molar-refractivity contribution in [3.05, 3.63) is 30.3 Å². The fraction of sp³-hybridized carbons (Fsp3) is 0.550. The van der Waals surface area contributed by atoms with E-state index in [-0.39, 0.29) is 30.7 Å². The van der Waals surface area contributed by atoms with E-state index in [1.807, 2.05) is 35.2 Å². The van der Waals surface area contributed by atoms with Gasteiger partial charge in [-0.05, 0) is 31.4 Å². The summed E-state index contributed by atoms with van der Waals surface area (Å²) in [5, 5.41) is 11.4. The van der Waals surface area contributed by atoms with Gasteiger partial charge in [0.2, 0.25) is 11.8 Å². The highest BCUT2D eigenvalue weighted by atomic mass is 16.4. The number of carboxylic acid groups (broad SMARTS) is 1. The molecule has 1 aliphatic rings. The minimum atomic E-state index is -0.874. The Hall–Kier alpha value is -2.41. The molecule has 1 saturated heterocycles. The van der Waals surface area contributed by atoms with E-state index in [9.17, 15) is 14.4 Å². The Balaban J connectivity index is 1.71. The number of carbonyl (C=O) groups is 3. The number of piperidine rings is 1. The summed E-state index contributed by atoms with van der Waals surface area (Å²) in [5.41, 5.74) is 0.942. The highest BCUT2D eigenvalue weighted by molar-refractivity contribution is 5.92. The van der Waals surface area contributed by atoms with Crippen molar-refractivity contribution in [3.63, 3.8) is 0 Å². The Bertz CT molecular complexity index is 627. The summed E-state index contributed by atoms with van der Waals surface area (Å²) in [5.74, 6) is -0.910. The largest absolute Gasteiger partial charge is 0.481 e. The lowest BCUT2D eigenvalue weighted by Crippen LogP contribution is -2.48. The molecule has 148 valence electrons. The second-order valence-corrected chi connectivity index (χ2v) is 6.89. The van der Waals surface area contributed by atoms with Gasteiger partial charge < -0.3 is 20.2 Å². The monoisotopic (exact) mass is 375 g/mol. The van der Waals surface area contributed by atoms with Crippen LogP contribution in [-0.2, 0) is 14.4 Å². The average molecular weight is 375 g/mol. The van der Waals surface area contributed by atoms with Gasteiger partial charge in [-0.15, -0.1) is 0 Å². The minimum absolute atomic E-state index is 0.0228. The van der Waals surface area contributed by atoms with Crippen LogP contribution in [0.15, 0.2) is 30.3 Å². The predicted octanol–water partition coefficient (Wildman–Crippen LogP) is 1.87. The molecule has 0 aliphatic carbocycles. The van der Waals surface area contributed by atoms with Gasteiger partial charge in [-0.1, -0.05) is 18.2 Å². The molecule has 0 saturated carbocycles. The van der Waals surface area contributed by atoms with E-state index in [4.69, 9.17) is 5.11 Å². The van der Waals surface area contributed by atoms with Crippen LogP contribution in [-0.4, -0.2) is 60.0 Å². The van der Waals surface area contributed by atoms with Crippen molar-refractivity contribution in [2.75, 3.05) is 31.1 Å². The zero-order valence-electron chi connectivity index (χ0n) is 15.9. The molecule has 1 fully saturated rings. The third kappa shape index (κ3) is 7.02. The lowest BCUT2D eigenvalue weighted by atomic mass is 10.0. The maximum atomic E-state index is 12.1. The van der Waals surface area contributed by atoms with Crippen molar-refractivity contribution < 1.29 is 19.5 Å². The Labute approximate surface area is 160 Å². The molecular formula is C20H29N3O4. The molecule has 7 heteroatoms. The smallest absolute Gasteiger partial charge is 0.303 e. The molecule has 1 aromatic carbocycles. The first kappa shape index (κ1) is 20.9. The molecule has 2 N–H and O–H groups in total. The van der Waals surface area contributed by atoms with E-state index in [0.29, 0.717) is 13.0 Å². The average Bonchev–Trinajstić information content (AvgIpc) is 2.63. The summed E-state index contributed by atoms with van der Waals surface area (Å²) in [6, 6.07) is 9.97. The van der Waals surface area contributed by atoms with Crippen molar-refractivity contribution in [2.45, 2.75) is 45.1 Å². The zero-order chi connectivity index (χ0) is 19.6. The van der Waals surface area contributed by atoms with Crippen molar-refractivity contribution in [1.82, 2.24) is 10.2 Å². The lowest BCUT2D eigenvalue weighted by Gasteiger charge is -2.38. The van der Waals surface area contributed by atoms with E-state index in [1.165, 1.54) is 0 Å². The summed E-state index contributed by atoms with van der Waals surface area (Å²) in [6.07, 6.45) is 2.45. The van der Waals surface area contributed by atoms with E-state index in [0.717, 1.165) is 38.2 Å². The number of carbonyl (C=O) groups excluding carboxylic acids is 2. The quantitative estimate of drug-likeness (QED) is 0.688. The standard InChI is InChI=1S/C20H29N3O4/c1-16(24)23(17-6-3-2-4-7-17)18-10-13-22(14-11-18)15-12-21-19(25)8-5-9-20(26)27/h2-4,6-7,18H,5,8-15H2,1H3,(H,21,25)(H,26,27). The SMILES string of the molecule is CC(=O)N(c1ccccc1)C1CCN(CCNC(=O)CCCC(=O)O)CC1.